The molecule has 10 heteroatoms. The number of halogens is 2. The molecule has 1 heterocycles. The fourth-order valence-electron chi connectivity index (χ4n) is 1.63. The lowest BCUT2D eigenvalue weighted by Crippen LogP contribution is -2.34. The normalized spacial score (nSPS) is 11.7. The molecule has 2 rings (SSSR count). The Morgan fingerprint density at radius 1 is 1.39 bits per heavy atom. The molecule has 1 aromatic heterocycles. The molecule has 0 saturated carbocycles. The number of benzene rings is 1. The fraction of sp³-hybridized carbons (Fsp3) is 0.231. The number of thiazole rings is 1. The van der Waals surface area contributed by atoms with Crippen molar-refractivity contribution < 1.29 is 22.0 Å². The first-order valence-corrected chi connectivity index (χ1v) is 9.01. The van der Waals surface area contributed by atoms with Crippen LogP contribution >= 0.6 is 11.3 Å². The van der Waals surface area contributed by atoms with E-state index in [9.17, 15) is 22.0 Å². The highest BCUT2D eigenvalue weighted by atomic mass is 32.2. The highest BCUT2D eigenvalue weighted by molar-refractivity contribution is 7.88. The summed E-state index contributed by atoms with van der Waals surface area (Å²) < 4.78 is 50.2. The van der Waals surface area contributed by atoms with Crippen LogP contribution in [0.25, 0.3) is 11.3 Å². The zero-order valence-electron chi connectivity index (χ0n) is 12.2. The van der Waals surface area contributed by atoms with Crippen LogP contribution in [0.1, 0.15) is 0 Å². The van der Waals surface area contributed by atoms with Gasteiger partial charge in [-0.1, -0.05) is 0 Å². The molecule has 0 aliphatic rings. The monoisotopic (exact) mass is 361 g/mol. The van der Waals surface area contributed by atoms with E-state index in [0.29, 0.717) is 0 Å². The number of hydrogen-bond donors (Lipinski definition) is 1. The molecule has 23 heavy (non-hydrogen) atoms. The summed E-state index contributed by atoms with van der Waals surface area (Å²) >= 11 is 1.02. The maximum atomic E-state index is 13.7. The SMILES string of the molecule is CN(CC(=O)Nc1nc(-c2cc(F)ccc2F)cs1)S(C)(=O)=O. The minimum absolute atomic E-state index is 0.0185. The van der Waals surface area contributed by atoms with E-state index in [1.54, 1.807) is 0 Å². The molecule has 0 radical (unpaired) electrons. The van der Waals surface area contributed by atoms with E-state index in [4.69, 9.17) is 0 Å². The Hall–Kier alpha value is -1.91. The van der Waals surface area contributed by atoms with Gasteiger partial charge in [-0.3, -0.25) is 4.79 Å². The van der Waals surface area contributed by atoms with Gasteiger partial charge in [0.05, 0.1) is 18.5 Å². The summed E-state index contributed by atoms with van der Waals surface area (Å²) in [6.07, 6.45) is 0.981. The Kier molecular flexibility index (Phi) is 5.07. The summed E-state index contributed by atoms with van der Waals surface area (Å²) in [6, 6.07) is 2.99. The number of amides is 1. The molecule has 0 atom stereocenters. The van der Waals surface area contributed by atoms with Gasteiger partial charge in [0.2, 0.25) is 15.9 Å². The van der Waals surface area contributed by atoms with Gasteiger partial charge in [-0.25, -0.2) is 22.2 Å². The van der Waals surface area contributed by atoms with E-state index in [1.165, 1.54) is 12.4 Å². The lowest BCUT2D eigenvalue weighted by Gasteiger charge is -2.12. The molecule has 0 aliphatic heterocycles. The molecular weight excluding hydrogens is 348 g/mol. The average Bonchev–Trinajstić information content (AvgIpc) is 2.88. The molecule has 1 amide bonds. The largest absolute Gasteiger partial charge is 0.301 e. The van der Waals surface area contributed by atoms with Gasteiger partial charge in [0.1, 0.15) is 11.6 Å². The first kappa shape index (κ1) is 17.4. The summed E-state index contributed by atoms with van der Waals surface area (Å²) in [5.41, 5.74) is 0.161. The average molecular weight is 361 g/mol. The van der Waals surface area contributed by atoms with Gasteiger partial charge < -0.3 is 5.32 Å². The van der Waals surface area contributed by atoms with Crippen molar-refractivity contribution in [2.45, 2.75) is 0 Å². The van der Waals surface area contributed by atoms with Crippen molar-refractivity contribution in [2.24, 2.45) is 0 Å². The number of hydrogen-bond acceptors (Lipinski definition) is 5. The van der Waals surface area contributed by atoms with Crippen molar-refractivity contribution >= 4 is 32.4 Å². The molecule has 1 aromatic carbocycles. The Bertz CT molecular complexity index is 837. The second-order valence-electron chi connectivity index (χ2n) is 4.73. The van der Waals surface area contributed by atoms with E-state index in [2.05, 4.69) is 10.3 Å². The minimum Gasteiger partial charge on any atom is -0.301 e. The van der Waals surface area contributed by atoms with Crippen molar-refractivity contribution in [3.63, 3.8) is 0 Å². The molecule has 2 aromatic rings. The number of nitrogens with zero attached hydrogens (tertiary/aromatic N) is 2. The number of sulfonamides is 1. The van der Waals surface area contributed by atoms with Crippen LogP contribution in [0.4, 0.5) is 13.9 Å². The number of carbonyl (C=O) groups excluding carboxylic acids is 1. The van der Waals surface area contributed by atoms with Crippen LogP contribution < -0.4 is 5.32 Å². The first-order valence-electron chi connectivity index (χ1n) is 6.29. The summed E-state index contributed by atoms with van der Waals surface area (Å²) in [5, 5.41) is 4.04. The van der Waals surface area contributed by atoms with Crippen LogP contribution in [-0.2, 0) is 14.8 Å². The van der Waals surface area contributed by atoms with Crippen LogP contribution in [0.2, 0.25) is 0 Å². The molecule has 0 saturated heterocycles. The lowest BCUT2D eigenvalue weighted by atomic mass is 10.1. The number of likely N-dealkylation sites (N-methyl/N-ethyl adjacent to an activating group) is 1. The molecule has 0 fully saturated rings. The van der Waals surface area contributed by atoms with Crippen LogP contribution in [0.15, 0.2) is 23.6 Å². The van der Waals surface area contributed by atoms with E-state index < -0.39 is 27.6 Å². The maximum absolute atomic E-state index is 13.7. The summed E-state index contributed by atoms with van der Waals surface area (Å²) in [7, 11) is -2.21. The predicted octanol–water partition coefficient (Wildman–Crippen LogP) is 1.92. The second-order valence-corrected chi connectivity index (χ2v) is 7.68. The summed E-state index contributed by atoms with van der Waals surface area (Å²) in [6.45, 7) is -0.373. The van der Waals surface area contributed by atoms with E-state index in [-0.39, 0.29) is 22.9 Å². The minimum atomic E-state index is -3.47. The highest BCUT2D eigenvalue weighted by Crippen LogP contribution is 2.27. The predicted molar refractivity (Wildman–Crippen MR) is 83.6 cm³/mol. The summed E-state index contributed by atoms with van der Waals surface area (Å²) in [4.78, 5) is 15.8. The molecular formula is C13H13F2N3O3S2. The fourth-order valence-corrected chi connectivity index (χ4v) is 2.71. The number of rotatable bonds is 5. The number of aromatic nitrogens is 1. The van der Waals surface area contributed by atoms with Crippen molar-refractivity contribution in [3.8, 4) is 11.3 Å². The van der Waals surface area contributed by atoms with E-state index >= 15 is 0 Å². The molecule has 0 unspecified atom stereocenters. The van der Waals surface area contributed by atoms with Crippen molar-refractivity contribution in [3.05, 3.63) is 35.2 Å². The molecule has 0 aliphatic carbocycles. The standard InChI is InChI=1S/C13H13F2N3O3S2/c1-18(23(2,20)21)6-12(19)17-13-16-11(7-22-13)9-5-8(14)3-4-10(9)15/h3-5,7H,6H2,1-2H3,(H,16,17,19). The highest BCUT2D eigenvalue weighted by Gasteiger charge is 2.17. The number of anilines is 1. The van der Waals surface area contributed by atoms with Gasteiger partial charge in [-0.2, -0.15) is 4.31 Å². The lowest BCUT2D eigenvalue weighted by molar-refractivity contribution is -0.116. The van der Waals surface area contributed by atoms with Gasteiger partial charge >= 0.3 is 0 Å². The van der Waals surface area contributed by atoms with Gasteiger partial charge in [0.15, 0.2) is 5.13 Å². The molecule has 6 nitrogen and oxygen atoms in total. The number of nitrogens with one attached hydrogen (secondary N) is 1. The second kappa shape index (κ2) is 6.69. The molecule has 1 N–H and O–H groups in total. The number of carbonyl (C=O) groups is 1. The third-order valence-corrected chi connectivity index (χ3v) is 4.91. The van der Waals surface area contributed by atoms with Crippen LogP contribution in [0, 0.1) is 11.6 Å². The third kappa shape index (κ3) is 4.53. The van der Waals surface area contributed by atoms with Crippen molar-refractivity contribution in [1.29, 1.82) is 0 Å². The topological polar surface area (TPSA) is 79.4 Å². The van der Waals surface area contributed by atoms with E-state index in [0.717, 1.165) is 40.1 Å². The van der Waals surface area contributed by atoms with Gasteiger partial charge in [-0.05, 0) is 18.2 Å². The van der Waals surface area contributed by atoms with Crippen molar-refractivity contribution in [2.75, 3.05) is 25.2 Å². The van der Waals surface area contributed by atoms with Gasteiger partial charge in [0, 0.05) is 18.0 Å². The summed E-state index contributed by atoms with van der Waals surface area (Å²) in [5.74, 6) is -1.82. The van der Waals surface area contributed by atoms with Gasteiger partial charge in [-0.15, -0.1) is 11.3 Å². The Morgan fingerprint density at radius 2 is 2.09 bits per heavy atom. The van der Waals surface area contributed by atoms with Crippen LogP contribution in [-0.4, -0.2) is 43.5 Å². The van der Waals surface area contributed by atoms with Crippen LogP contribution in [0.3, 0.4) is 0 Å². The molecule has 0 bridgehead atoms. The molecule has 0 spiro atoms. The maximum Gasteiger partial charge on any atom is 0.241 e. The zero-order chi connectivity index (χ0) is 17.2. The Balaban J connectivity index is 2.11. The zero-order valence-corrected chi connectivity index (χ0v) is 13.8. The quantitative estimate of drug-likeness (QED) is 0.882. The van der Waals surface area contributed by atoms with Crippen LogP contribution in [0.5, 0.6) is 0 Å². The Morgan fingerprint density at radius 3 is 2.74 bits per heavy atom. The first-order chi connectivity index (χ1) is 10.7. The smallest absolute Gasteiger partial charge is 0.241 e. The molecule has 124 valence electrons. The Labute approximate surface area is 135 Å². The van der Waals surface area contributed by atoms with Crippen molar-refractivity contribution in [1.82, 2.24) is 9.29 Å². The van der Waals surface area contributed by atoms with Gasteiger partial charge in [0.25, 0.3) is 0 Å². The van der Waals surface area contributed by atoms with E-state index in [1.807, 2.05) is 0 Å². The third-order valence-electron chi connectivity index (χ3n) is 2.89.